The lowest BCUT2D eigenvalue weighted by atomic mass is 10.2. The molecule has 1 aromatic carbocycles. The summed E-state index contributed by atoms with van der Waals surface area (Å²) >= 11 is 9.25. The van der Waals surface area contributed by atoms with Crippen molar-refractivity contribution in [2.45, 2.75) is 32.7 Å². The Balaban J connectivity index is 1.99. The van der Waals surface area contributed by atoms with Crippen molar-refractivity contribution in [3.05, 3.63) is 45.2 Å². The molecule has 6 heteroatoms. The van der Waals surface area contributed by atoms with Crippen LogP contribution in [-0.4, -0.2) is 9.97 Å². The molecule has 0 fully saturated rings. The van der Waals surface area contributed by atoms with Gasteiger partial charge in [-0.1, -0.05) is 24.9 Å². The zero-order valence-electron chi connectivity index (χ0n) is 11.1. The second-order valence-corrected chi connectivity index (χ2v) is 5.75. The molecule has 0 amide bonds. The summed E-state index contributed by atoms with van der Waals surface area (Å²) in [5.74, 6) is 0.630. The van der Waals surface area contributed by atoms with Crippen LogP contribution in [0.4, 0.5) is 10.1 Å². The Bertz CT molecular complexity index is 586. The van der Waals surface area contributed by atoms with Crippen molar-refractivity contribution in [3.8, 4) is 0 Å². The number of anilines is 1. The first kappa shape index (κ1) is 15.3. The van der Waals surface area contributed by atoms with E-state index in [9.17, 15) is 4.39 Å². The van der Waals surface area contributed by atoms with Crippen LogP contribution >= 0.6 is 27.5 Å². The van der Waals surface area contributed by atoms with Crippen molar-refractivity contribution < 1.29 is 4.39 Å². The number of aromatic nitrogens is 2. The number of halogens is 3. The normalized spacial score (nSPS) is 10.8. The lowest BCUT2D eigenvalue weighted by Crippen LogP contribution is -2.01. The summed E-state index contributed by atoms with van der Waals surface area (Å²) in [6.07, 6.45) is 3.11. The lowest BCUT2D eigenvalue weighted by molar-refractivity contribution is 0.621. The average Bonchev–Trinajstić information content (AvgIpc) is 2.78. The number of aromatic amines is 1. The van der Waals surface area contributed by atoms with E-state index >= 15 is 0 Å². The van der Waals surface area contributed by atoms with Crippen molar-refractivity contribution in [2.75, 3.05) is 5.32 Å². The molecule has 2 aromatic rings. The number of imidazole rings is 1. The molecule has 2 N–H and O–H groups in total. The maximum Gasteiger partial charge on any atom is 0.152 e. The molecule has 1 aromatic heterocycles. The number of hydrogen-bond acceptors (Lipinski definition) is 2. The molecule has 0 atom stereocenters. The average molecular weight is 361 g/mol. The third kappa shape index (κ3) is 3.96. The molecule has 2 rings (SSSR count). The Morgan fingerprint density at radius 1 is 1.45 bits per heavy atom. The molecule has 0 aliphatic heterocycles. The molecule has 0 aliphatic carbocycles. The zero-order valence-corrected chi connectivity index (χ0v) is 13.5. The molecule has 0 spiro atoms. The lowest BCUT2D eigenvalue weighted by Gasteiger charge is -2.06. The van der Waals surface area contributed by atoms with E-state index in [2.05, 4.69) is 38.1 Å². The monoisotopic (exact) mass is 359 g/mol. The van der Waals surface area contributed by atoms with Crippen LogP contribution in [0.3, 0.4) is 0 Å². The minimum Gasteiger partial charge on any atom is -0.379 e. The number of hydrogen-bond donors (Lipinski definition) is 2. The Labute approximate surface area is 131 Å². The molecule has 0 saturated carbocycles. The number of H-pyrrole nitrogens is 1. The van der Waals surface area contributed by atoms with Gasteiger partial charge in [0.25, 0.3) is 0 Å². The highest BCUT2D eigenvalue weighted by Crippen LogP contribution is 2.21. The predicted molar refractivity (Wildman–Crippen MR) is 83.6 cm³/mol. The summed E-state index contributed by atoms with van der Waals surface area (Å²) in [5, 5.41) is 3.68. The summed E-state index contributed by atoms with van der Waals surface area (Å²) in [4.78, 5) is 7.51. The van der Waals surface area contributed by atoms with E-state index in [-0.39, 0.29) is 5.82 Å². The van der Waals surface area contributed by atoms with Crippen molar-refractivity contribution >= 4 is 33.2 Å². The van der Waals surface area contributed by atoms with Crippen molar-refractivity contribution in [3.63, 3.8) is 0 Å². The molecule has 20 heavy (non-hydrogen) atoms. The fourth-order valence-corrected chi connectivity index (χ4v) is 2.41. The summed E-state index contributed by atoms with van der Waals surface area (Å²) in [6.45, 7) is 2.66. The summed E-state index contributed by atoms with van der Waals surface area (Å²) in [5.41, 5.74) is 1.66. The SMILES string of the molecule is CCCCc1nc(Cl)c(CNc2ccc(F)c(Br)c2)[nH]1. The number of unbranched alkanes of at least 4 members (excludes halogenated alkanes) is 1. The Morgan fingerprint density at radius 3 is 2.95 bits per heavy atom. The van der Waals surface area contributed by atoms with Crippen molar-refractivity contribution in [1.29, 1.82) is 0 Å². The molecule has 0 bridgehead atoms. The second-order valence-electron chi connectivity index (χ2n) is 4.54. The number of aryl methyl sites for hydroxylation is 1. The summed E-state index contributed by atoms with van der Waals surface area (Å²) < 4.78 is 13.6. The topological polar surface area (TPSA) is 40.7 Å². The molecule has 0 radical (unpaired) electrons. The fourth-order valence-electron chi connectivity index (χ4n) is 1.82. The van der Waals surface area contributed by atoms with Gasteiger partial charge in [-0.25, -0.2) is 9.37 Å². The minimum atomic E-state index is -0.281. The Kier molecular flexibility index (Phi) is 5.43. The third-order valence-electron chi connectivity index (χ3n) is 2.93. The van der Waals surface area contributed by atoms with Gasteiger partial charge in [0.1, 0.15) is 11.6 Å². The molecular formula is C14H16BrClFN3. The van der Waals surface area contributed by atoms with Crippen LogP contribution in [0.2, 0.25) is 5.15 Å². The second kappa shape index (κ2) is 7.09. The number of nitrogens with one attached hydrogen (secondary N) is 2. The first-order valence-corrected chi connectivity index (χ1v) is 7.69. The highest BCUT2D eigenvalue weighted by molar-refractivity contribution is 9.10. The smallest absolute Gasteiger partial charge is 0.152 e. The van der Waals surface area contributed by atoms with Crippen LogP contribution in [0.1, 0.15) is 31.3 Å². The van der Waals surface area contributed by atoms with Gasteiger partial charge in [0.15, 0.2) is 5.15 Å². The number of nitrogens with zero attached hydrogens (tertiary/aromatic N) is 1. The minimum absolute atomic E-state index is 0.281. The summed E-state index contributed by atoms with van der Waals surface area (Å²) in [6, 6.07) is 4.79. The van der Waals surface area contributed by atoms with E-state index in [1.54, 1.807) is 12.1 Å². The van der Waals surface area contributed by atoms with Gasteiger partial charge < -0.3 is 10.3 Å². The van der Waals surface area contributed by atoms with E-state index in [0.717, 1.165) is 36.5 Å². The molecular weight excluding hydrogens is 345 g/mol. The zero-order chi connectivity index (χ0) is 14.5. The van der Waals surface area contributed by atoms with Gasteiger partial charge in [0.05, 0.1) is 16.7 Å². The highest BCUT2D eigenvalue weighted by atomic mass is 79.9. The fraction of sp³-hybridized carbons (Fsp3) is 0.357. The predicted octanol–water partition coefficient (Wildman–Crippen LogP) is 4.92. The van der Waals surface area contributed by atoms with E-state index < -0.39 is 0 Å². The van der Waals surface area contributed by atoms with Crippen LogP contribution in [-0.2, 0) is 13.0 Å². The van der Waals surface area contributed by atoms with Gasteiger partial charge >= 0.3 is 0 Å². The van der Waals surface area contributed by atoms with Crippen molar-refractivity contribution in [1.82, 2.24) is 9.97 Å². The molecule has 0 aliphatic rings. The van der Waals surface area contributed by atoms with E-state index in [0.29, 0.717) is 16.2 Å². The van der Waals surface area contributed by atoms with Crippen LogP contribution in [0.15, 0.2) is 22.7 Å². The van der Waals surface area contributed by atoms with Gasteiger partial charge in [-0.3, -0.25) is 0 Å². The van der Waals surface area contributed by atoms with Gasteiger partial charge in [0, 0.05) is 12.1 Å². The first-order chi connectivity index (χ1) is 9.60. The molecule has 0 unspecified atom stereocenters. The van der Waals surface area contributed by atoms with Crippen LogP contribution < -0.4 is 5.32 Å². The highest BCUT2D eigenvalue weighted by Gasteiger charge is 2.08. The van der Waals surface area contributed by atoms with Crippen LogP contribution in [0.25, 0.3) is 0 Å². The van der Waals surface area contributed by atoms with Gasteiger partial charge in [-0.05, 0) is 40.5 Å². The standard InChI is InChI=1S/C14H16BrClFN3/c1-2-3-4-13-19-12(14(16)20-13)8-18-9-5-6-11(17)10(15)7-9/h5-7,18H,2-4,8H2,1H3,(H,19,20). The molecule has 108 valence electrons. The third-order valence-corrected chi connectivity index (χ3v) is 3.85. The molecule has 0 saturated heterocycles. The van der Waals surface area contributed by atoms with Crippen LogP contribution in [0, 0.1) is 5.82 Å². The number of benzene rings is 1. The largest absolute Gasteiger partial charge is 0.379 e. The van der Waals surface area contributed by atoms with Crippen LogP contribution in [0.5, 0.6) is 0 Å². The van der Waals surface area contributed by atoms with Gasteiger partial charge in [-0.15, -0.1) is 0 Å². The Hall–Kier alpha value is -1.07. The first-order valence-electron chi connectivity index (χ1n) is 6.52. The summed E-state index contributed by atoms with van der Waals surface area (Å²) in [7, 11) is 0. The number of rotatable bonds is 6. The van der Waals surface area contributed by atoms with Gasteiger partial charge in [0.2, 0.25) is 0 Å². The maximum atomic E-state index is 13.1. The molecule has 3 nitrogen and oxygen atoms in total. The Morgan fingerprint density at radius 2 is 2.25 bits per heavy atom. The van der Waals surface area contributed by atoms with E-state index in [4.69, 9.17) is 11.6 Å². The van der Waals surface area contributed by atoms with Crippen molar-refractivity contribution in [2.24, 2.45) is 0 Å². The molecule has 1 heterocycles. The maximum absolute atomic E-state index is 13.1. The van der Waals surface area contributed by atoms with E-state index in [1.807, 2.05) is 0 Å². The van der Waals surface area contributed by atoms with Gasteiger partial charge in [-0.2, -0.15) is 0 Å². The quantitative estimate of drug-likeness (QED) is 0.767. The van der Waals surface area contributed by atoms with E-state index in [1.165, 1.54) is 6.07 Å².